The van der Waals surface area contributed by atoms with E-state index in [-0.39, 0.29) is 6.61 Å². The lowest BCUT2D eigenvalue weighted by atomic mass is 10.1. The minimum absolute atomic E-state index is 0.258. The van der Waals surface area contributed by atoms with Crippen molar-refractivity contribution in [3.63, 3.8) is 0 Å². The fraction of sp³-hybridized carbons (Fsp3) is 0.667. The lowest BCUT2D eigenvalue weighted by molar-refractivity contribution is 0.266. The van der Waals surface area contributed by atoms with Crippen molar-refractivity contribution in [2.24, 2.45) is 0 Å². The first-order valence-electron chi connectivity index (χ1n) is 5.58. The van der Waals surface area contributed by atoms with Crippen LogP contribution in [0.5, 0.6) is 0 Å². The lowest BCUT2D eigenvalue weighted by Gasteiger charge is -2.22. The average Bonchev–Trinajstić information content (AvgIpc) is 2.65. The molecule has 0 bridgehead atoms. The van der Waals surface area contributed by atoms with Gasteiger partial charge in [-0.05, 0) is 43.5 Å². The maximum absolute atomic E-state index is 9.01. The van der Waals surface area contributed by atoms with Crippen LogP contribution < -0.4 is 5.32 Å². The quantitative estimate of drug-likeness (QED) is 0.790. The van der Waals surface area contributed by atoms with Crippen molar-refractivity contribution in [3.05, 3.63) is 21.9 Å². The Morgan fingerprint density at radius 3 is 2.81 bits per heavy atom. The van der Waals surface area contributed by atoms with Crippen molar-refractivity contribution in [2.45, 2.75) is 32.4 Å². The normalized spacial score (nSPS) is 15.0. The summed E-state index contributed by atoms with van der Waals surface area (Å²) in [6, 6.07) is 2.94. The fourth-order valence-electron chi connectivity index (χ4n) is 1.83. The van der Waals surface area contributed by atoms with Gasteiger partial charge in [0.1, 0.15) is 0 Å². The molecule has 2 atom stereocenters. The molecule has 0 amide bonds. The number of hydrogen-bond donors (Lipinski definition) is 2. The molecule has 1 heterocycles. The number of aryl methyl sites for hydroxylation is 1. The summed E-state index contributed by atoms with van der Waals surface area (Å²) in [5.74, 6) is 1.05. The molecular weight excluding hydrogens is 238 g/mol. The van der Waals surface area contributed by atoms with E-state index in [1.807, 2.05) is 11.8 Å². The molecule has 0 saturated carbocycles. The second-order valence-electron chi connectivity index (χ2n) is 4.02. The van der Waals surface area contributed by atoms with Gasteiger partial charge in [-0.15, -0.1) is 11.3 Å². The van der Waals surface area contributed by atoms with Crippen molar-refractivity contribution in [1.82, 2.24) is 5.32 Å². The minimum Gasteiger partial charge on any atom is -0.396 e. The van der Waals surface area contributed by atoms with E-state index in [1.54, 1.807) is 11.3 Å². The van der Waals surface area contributed by atoms with Crippen LogP contribution in [0.4, 0.5) is 0 Å². The molecule has 2 N–H and O–H groups in total. The fourth-order valence-corrected chi connectivity index (χ4v) is 3.44. The van der Waals surface area contributed by atoms with Crippen molar-refractivity contribution in [1.29, 1.82) is 0 Å². The number of thiophene rings is 1. The Morgan fingerprint density at radius 1 is 1.56 bits per heavy atom. The third kappa shape index (κ3) is 4.09. The van der Waals surface area contributed by atoms with Gasteiger partial charge in [-0.1, -0.05) is 0 Å². The Labute approximate surface area is 106 Å². The Balaban J connectivity index is 2.54. The predicted molar refractivity (Wildman–Crippen MR) is 74.5 cm³/mol. The van der Waals surface area contributed by atoms with Crippen molar-refractivity contribution in [2.75, 3.05) is 18.6 Å². The van der Waals surface area contributed by atoms with Gasteiger partial charge in [0.2, 0.25) is 0 Å². The Morgan fingerprint density at radius 2 is 2.31 bits per heavy atom. The molecule has 16 heavy (non-hydrogen) atoms. The van der Waals surface area contributed by atoms with E-state index in [9.17, 15) is 0 Å². The molecule has 0 aliphatic carbocycles. The van der Waals surface area contributed by atoms with Gasteiger partial charge in [-0.25, -0.2) is 0 Å². The second-order valence-corrected chi connectivity index (χ2v) is 5.88. The summed E-state index contributed by atoms with van der Waals surface area (Å²) in [6.45, 7) is 4.61. The Hall–Kier alpha value is -0.0300. The van der Waals surface area contributed by atoms with Crippen LogP contribution in [0.2, 0.25) is 0 Å². The van der Waals surface area contributed by atoms with Gasteiger partial charge in [-0.3, -0.25) is 0 Å². The minimum atomic E-state index is 0.258. The smallest absolute Gasteiger partial charge is 0.0446 e. The van der Waals surface area contributed by atoms with E-state index in [4.69, 9.17) is 5.11 Å². The summed E-state index contributed by atoms with van der Waals surface area (Å²) in [6.07, 6.45) is 2.93. The van der Waals surface area contributed by atoms with Gasteiger partial charge < -0.3 is 10.4 Å². The molecule has 1 rings (SSSR count). The van der Waals surface area contributed by atoms with Crippen LogP contribution in [-0.2, 0) is 0 Å². The lowest BCUT2D eigenvalue weighted by Crippen LogP contribution is -2.34. The molecule has 2 nitrogen and oxygen atoms in total. The Bertz CT molecular complexity index is 295. The van der Waals surface area contributed by atoms with E-state index in [1.165, 1.54) is 10.4 Å². The van der Waals surface area contributed by atoms with Crippen molar-refractivity contribution in [3.8, 4) is 0 Å². The number of aliphatic hydroxyl groups is 1. The van der Waals surface area contributed by atoms with E-state index in [0.29, 0.717) is 12.1 Å². The molecule has 0 fully saturated rings. The molecule has 92 valence electrons. The van der Waals surface area contributed by atoms with E-state index < -0.39 is 0 Å². The molecule has 1 aromatic rings. The number of rotatable bonds is 7. The number of thioether (sulfide) groups is 1. The molecule has 0 aliphatic heterocycles. The summed E-state index contributed by atoms with van der Waals surface area (Å²) >= 11 is 3.63. The predicted octanol–water partition coefficient (Wildman–Crippen LogP) is 2.82. The maximum atomic E-state index is 9.01. The zero-order chi connectivity index (χ0) is 12.0. The Kier molecular flexibility index (Phi) is 6.43. The van der Waals surface area contributed by atoms with Gasteiger partial charge >= 0.3 is 0 Å². The first kappa shape index (κ1) is 14.0. The zero-order valence-corrected chi connectivity index (χ0v) is 11.8. The molecule has 0 spiro atoms. The topological polar surface area (TPSA) is 32.3 Å². The highest BCUT2D eigenvalue weighted by atomic mass is 32.2. The molecule has 1 aromatic heterocycles. The van der Waals surface area contributed by atoms with Crippen LogP contribution in [-0.4, -0.2) is 29.8 Å². The highest BCUT2D eigenvalue weighted by molar-refractivity contribution is 7.98. The SMILES string of the molecule is CSCC(CCO)NC(C)c1sccc1C. The maximum Gasteiger partial charge on any atom is 0.0446 e. The summed E-state index contributed by atoms with van der Waals surface area (Å²) in [4.78, 5) is 1.41. The van der Waals surface area contributed by atoms with Crippen LogP contribution in [0.15, 0.2) is 11.4 Å². The van der Waals surface area contributed by atoms with Gasteiger partial charge in [0.15, 0.2) is 0 Å². The summed E-state index contributed by atoms with van der Waals surface area (Å²) in [7, 11) is 0. The van der Waals surface area contributed by atoms with Gasteiger partial charge in [0.05, 0.1) is 0 Å². The molecule has 4 heteroatoms. The van der Waals surface area contributed by atoms with Crippen molar-refractivity contribution >= 4 is 23.1 Å². The summed E-state index contributed by atoms with van der Waals surface area (Å²) in [5, 5.41) is 14.7. The third-order valence-corrected chi connectivity index (χ3v) is 4.56. The summed E-state index contributed by atoms with van der Waals surface area (Å²) in [5.41, 5.74) is 1.36. The number of aliphatic hydroxyl groups excluding tert-OH is 1. The first-order valence-corrected chi connectivity index (χ1v) is 7.86. The molecule has 0 aliphatic rings. The molecule has 2 unspecified atom stereocenters. The van der Waals surface area contributed by atoms with E-state index in [2.05, 4.69) is 36.9 Å². The van der Waals surface area contributed by atoms with Gasteiger partial charge in [0.25, 0.3) is 0 Å². The first-order chi connectivity index (χ1) is 7.69. The molecule has 0 aromatic carbocycles. The van der Waals surface area contributed by atoms with Crippen LogP contribution in [0.3, 0.4) is 0 Å². The second kappa shape index (κ2) is 7.33. The third-order valence-electron chi connectivity index (χ3n) is 2.63. The highest BCUT2D eigenvalue weighted by Gasteiger charge is 2.14. The van der Waals surface area contributed by atoms with Crippen LogP contribution in [0, 0.1) is 6.92 Å². The number of nitrogens with one attached hydrogen (secondary N) is 1. The van der Waals surface area contributed by atoms with Gasteiger partial charge in [-0.2, -0.15) is 11.8 Å². The van der Waals surface area contributed by atoms with E-state index in [0.717, 1.165) is 12.2 Å². The van der Waals surface area contributed by atoms with Crippen LogP contribution in [0.1, 0.15) is 29.8 Å². The molecule has 0 saturated heterocycles. The van der Waals surface area contributed by atoms with Gasteiger partial charge in [0, 0.05) is 29.3 Å². The molecule has 0 radical (unpaired) electrons. The van der Waals surface area contributed by atoms with Crippen molar-refractivity contribution < 1.29 is 5.11 Å². The molecular formula is C12H21NOS2. The standard InChI is InChI=1S/C12H21NOS2/c1-9-5-7-16-12(9)10(2)13-11(4-6-14)8-15-3/h5,7,10-11,13-14H,4,6,8H2,1-3H3. The number of hydrogen-bond acceptors (Lipinski definition) is 4. The highest BCUT2D eigenvalue weighted by Crippen LogP contribution is 2.24. The van der Waals surface area contributed by atoms with Crippen LogP contribution >= 0.6 is 23.1 Å². The summed E-state index contributed by atoms with van der Waals surface area (Å²) < 4.78 is 0. The largest absolute Gasteiger partial charge is 0.396 e. The van der Waals surface area contributed by atoms with E-state index >= 15 is 0 Å². The zero-order valence-electron chi connectivity index (χ0n) is 10.2. The van der Waals surface area contributed by atoms with Crippen LogP contribution in [0.25, 0.3) is 0 Å². The average molecular weight is 259 g/mol. The monoisotopic (exact) mass is 259 g/mol.